The van der Waals surface area contributed by atoms with Crippen LogP contribution in [0.2, 0.25) is 0 Å². The number of nitrogens with two attached hydrogens (primary N) is 1. The molecule has 0 unspecified atom stereocenters. The van der Waals surface area contributed by atoms with Crippen molar-refractivity contribution >= 4 is 27.5 Å². The SMILES string of the molecule is CC(C)NC(=O)c1ccc(Br)c(N)c1. The largest absolute Gasteiger partial charge is 0.398 e. The van der Waals surface area contributed by atoms with E-state index in [0.717, 1.165) is 4.47 Å². The number of rotatable bonds is 2. The molecular formula is C10H13BrN2O. The van der Waals surface area contributed by atoms with E-state index in [2.05, 4.69) is 21.2 Å². The lowest BCUT2D eigenvalue weighted by Crippen LogP contribution is -2.30. The number of carbonyl (C=O) groups excluding carboxylic acids is 1. The van der Waals surface area contributed by atoms with E-state index < -0.39 is 0 Å². The molecule has 0 spiro atoms. The summed E-state index contributed by atoms with van der Waals surface area (Å²) in [6, 6.07) is 5.29. The maximum atomic E-state index is 11.5. The van der Waals surface area contributed by atoms with Gasteiger partial charge >= 0.3 is 0 Å². The van der Waals surface area contributed by atoms with Crippen LogP contribution in [0.5, 0.6) is 0 Å². The van der Waals surface area contributed by atoms with Gasteiger partial charge in [0.1, 0.15) is 0 Å². The van der Waals surface area contributed by atoms with Gasteiger partial charge in [-0.05, 0) is 48.0 Å². The molecule has 1 aromatic carbocycles. The first-order valence-corrected chi connectivity index (χ1v) is 5.16. The third-order valence-corrected chi connectivity index (χ3v) is 2.40. The second-order valence-corrected chi connectivity index (χ2v) is 4.22. The lowest BCUT2D eigenvalue weighted by atomic mass is 10.2. The van der Waals surface area contributed by atoms with Gasteiger partial charge in [0, 0.05) is 21.8 Å². The number of hydrogen-bond acceptors (Lipinski definition) is 2. The van der Waals surface area contributed by atoms with E-state index in [0.29, 0.717) is 11.3 Å². The highest BCUT2D eigenvalue weighted by molar-refractivity contribution is 9.10. The van der Waals surface area contributed by atoms with E-state index >= 15 is 0 Å². The summed E-state index contributed by atoms with van der Waals surface area (Å²) in [6.07, 6.45) is 0. The molecule has 0 aliphatic heterocycles. The lowest BCUT2D eigenvalue weighted by molar-refractivity contribution is 0.0943. The predicted molar refractivity (Wildman–Crippen MR) is 61.2 cm³/mol. The van der Waals surface area contributed by atoms with Gasteiger partial charge in [0.05, 0.1) is 0 Å². The van der Waals surface area contributed by atoms with Gasteiger partial charge in [-0.25, -0.2) is 0 Å². The van der Waals surface area contributed by atoms with Gasteiger partial charge in [-0.2, -0.15) is 0 Å². The fourth-order valence-electron chi connectivity index (χ4n) is 1.03. The monoisotopic (exact) mass is 256 g/mol. The first-order valence-electron chi connectivity index (χ1n) is 4.36. The molecule has 0 saturated heterocycles. The van der Waals surface area contributed by atoms with Crippen molar-refractivity contribution in [1.29, 1.82) is 0 Å². The van der Waals surface area contributed by atoms with Crippen LogP contribution in [0.1, 0.15) is 24.2 Å². The van der Waals surface area contributed by atoms with E-state index in [1.807, 2.05) is 13.8 Å². The molecule has 0 heterocycles. The molecule has 3 N–H and O–H groups in total. The summed E-state index contributed by atoms with van der Waals surface area (Å²) in [6.45, 7) is 3.83. The van der Waals surface area contributed by atoms with Crippen molar-refractivity contribution in [2.45, 2.75) is 19.9 Å². The smallest absolute Gasteiger partial charge is 0.251 e. The Bertz CT molecular complexity index is 350. The van der Waals surface area contributed by atoms with Crippen molar-refractivity contribution in [2.75, 3.05) is 5.73 Å². The van der Waals surface area contributed by atoms with Gasteiger partial charge in [0.25, 0.3) is 5.91 Å². The Labute approximate surface area is 91.8 Å². The molecule has 1 rings (SSSR count). The van der Waals surface area contributed by atoms with Crippen molar-refractivity contribution in [3.8, 4) is 0 Å². The minimum absolute atomic E-state index is 0.0980. The second-order valence-electron chi connectivity index (χ2n) is 3.36. The van der Waals surface area contributed by atoms with Crippen LogP contribution in [0.15, 0.2) is 22.7 Å². The number of carbonyl (C=O) groups is 1. The summed E-state index contributed by atoms with van der Waals surface area (Å²) in [5, 5.41) is 2.80. The predicted octanol–water partition coefficient (Wildman–Crippen LogP) is 2.17. The van der Waals surface area contributed by atoms with Gasteiger partial charge in [0.2, 0.25) is 0 Å². The average Bonchev–Trinajstić information content (AvgIpc) is 2.08. The summed E-state index contributed by atoms with van der Waals surface area (Å²) in [7, 11) is 0. The molecule has 1 amide bonds. The molecule has 0 fully saturated rings. The Morgan fingerprint density at radius 2 is 2.14 bits per heavy atom. The maximum absolute atomic E-state index is 11.5. The van der Waals surface area contributed by atoms with E-state index in [1.165, 1.54) is 0 Å². The average molecular weight is 257 g/mol. The molecule has 14 heavy (non-hydrogen) atoms. The third-order valence-electron chi connectivity index (χ3n) is 1.68. The summed E-state index contributed by atoms with van der Waals surface area (Å²) in [4.78, 5) is 11.5. The zero-order valence-electron chi connectivity index (χ0n) is 8.17. The number of nitrogen functional groups attached to an aromatic ring is 1. The number of amides is 1. The van der Waals surface area contributed by atoms with E-state index in [9.17, 15) is 4.79 Å². The van der Waals surface area contributed by atoms with Crippen molar-refractivity contribution in [1.82, 2.24) is 5.32 Å². The molecule has 1 aromatic rings. The second kappa shape index (κ2) is 4.46. The highest BCUT2D eigenvalue weighted by atomic mass is 79.9. The van der Waals surface area contributed by atoms with E-state index in [4.69, 9.17) is 5.73 Å². The third kappa shape index (κ3) is 2.73. The molecule has 4 heteroatoms. The number of hydrogen-bond donors (Lipinski definition) is 2. The first-order chi connectivity index (χ1) is 6.50. The molecule has 0 atom stereocenters. The van der Waals surface area contributed by atoms with Gasteiger partial charge in [-0.1, -0.05) is 0 Å². The lowest BCUT2D eigenvalue weighted by Gasteiger charge is -2.08. The number of benzene rings is 1. The molecule has 3 nitrogen and oxygen atoms in total. The fraction of sp³-hybridized carbons (Fsp3) is 0.300. The van der Waals surface area contributed by atoms with Crippen LogP contribution < -0.4 is 11.1 Å². The van der Waals surface area contributed by atoms with Gasteiger partial charge in [0.15, 0.2) is 0 Å². The molecular weight excluding hydrogens is 244 g/mol. The molecule has 0 radical (unpaired) electrons. The molecule has 0 bridgehead atoms. The summed E-state index contributed by atoms with van der Waals surface area (Å²) in [5.41, 5.74) is 6.82. The first kappa shape index (κ1) is 11.0. The van der Waals surface area contributed by atoms with Crippen molar-refractivity contribution in [2.24, 2.45) is 0 Å². The molecule has 0 aliphatic rings. The van der Waals surface area contributed by atoms with Gasteiger partial charge in [-0.15, -0.1) is 0 Å². The topological polar surface area (TPSA) is 55.1 Å². The Balaban J connectivity index is 2.86. The standard InChI is InChI=1S/C10H13BrN2O/c1-6(2)13-10(14)7-3-4-8(11)9(12)5-7/h3-6H,12H2,1-2H3,(H,13,14). The number of nitrogens with one attached hydrogen (secondary N) is 1. The van der Waals surface area contributed by atoms with E-state index in [-0.39, 0.29) is 11.9 Å². The Kier molecular flexibility index (Phi) is 3.52. The zero-order chi connectivity index (χ0) is 10.7. The van der Waals surface area contributed by atoms with E-state index in [1.54, 1.807) is 18.2 Å². The highest BCUT2D eigenvalue weighted by Gasteiger charge is 2.07. The number of halogens is 1. The van der Waals surface area contributed by atoms with Crippen LogP contribution in [-0.4, -0.2) is 11.9 Å². The minimum Gasteiger partial charge on any atom is -0.398 e. The normalized spacial score (nSPS) is 10.3. The number of anilines is 1. The minimum atomic E-state index is -0.0980. The maximum Gasteiger partial charge on any atom is 0.251 e. The van der Waals surface area contributed by atoms with Crippen LogP contribution in [-0.2, 0) is 0 Å². The van der Waals surface area contributed by atoms with Crippen molar-refractivity contribution in [3.63, 3.8) is 0 Å². The van der Waals surface area contributed by atoms with Crippen LogP contribution in [0.25, 0.3) is 0 Å². The highest BCUT2D eigenvalue weighted by Crippen LogP contribution is 2.20. The molecule has 76 valence electrons. The van der Waals surface area contributed by atoms with Crippen LogP contribution in [0, 0.1) is 0 Å². The summed E-state index contributed by atoms with van der Waals surface area (Å²) >= 11 is 3.27. The van der Waals surface area contributed by atoms with Crippen molar-refractivity contribution < 1.29 is 4.79 Å². The molecule has 0 aliphatic carbocycles. The van der Waals surface area contributed by atoms with Crippen LogP contribution >= 0.6 is 15.9 Å². The fourth-order valence-corrected chi connectivity index (χ4v) is 1.28. The van der Waals surface area contributed by atoms with Crippen LogP contribution in [0.4, 0.5) is 5.69 Å². The Morgan fingerprint density at radius 3 is 2.64 bits per heavy atom. The summed E-state index contributed by atoms with van der Waals surface area (Å²) < 4.78 is 0.804. The zero-order valence-corrected chi connectivity index (χ0v) is 9.76. The summed E-state index contributed by atoms with van der Waals surface area (Å²) in [5.74, 6) is -0.0980. The Hall–Kier alpha value is -1.03. The van der Waals surface area contributed by atoms with Gasteiger partial charge < -0.3 is 11.1 Å². The molecule has 0 saturated carbocycles. The Morgan fingerprint density at radius 1 is 1.50 bits per heavy atom. The van der Waals surface area contributed by atoms with Crippen LogP contribution in [0.3, 0.4) is 0 Å². The van der Waals surface area contributed by atoms with Crippen molar-refractivity contribution in [3.05, 3.63) is 28.2 Å². The van der Waals surface area contributed by atoms with Gasteiger partial charge in [-0.3, -0.25) is 4.79 Å². The quantitative estimate of drug-likeness (QED) is 0.798. The molecule has 0 aromatic heterocycles.